The first kappa shape index (κ1) is 20.7. The zero-order valence-corrected chi connectivity index (χ0v) is 19.3. The molecule has 9 heteroatoms. The maximum Gasteiger partial charge on any atom is 0.272 e. The van der Waals surface area contributed by atoms with Gasteiger partial charge < -0.3 is 4.74 Å². The zero-order chi connectivity index (χ0) is 20.4. The van der Waals surface area contributed by atoms with E-state index in [1.165, 1.54) is 16.2 Å². The molecule has 154 valence electrons. The lowest BCUT2D eigenvalue weighted by Crippen LogP contribution is -2.43. The Labute approximate surface area is 182 Å². The maximum absolute atomic E-state index is 13.5. The molecule has 0 N–H and O–H groups in total. The van der Waals surface area contributed by atoms with E-state index in [2.05, 4.69) is 28.3 Å². The minimum atomic E-state index is -0.00879. The topological polar surface area (TPSA) is 58.6 Å². The number of nitrogens with zero attached hydrogens (tertiary/aromatic N) is 4. The first-order valence-electron chi connectivity index (χ1n) is 9.55. The Balaban J connectivity index is 1.65. The van der Waals surface area contributed by atoms with Crippen molar-refractivity contribution >= 4 is 55.7 Å². The normalized spacial score (nSPS) is 15.1. The van der Waals surface area contributed by atoms with Gasteiger partial charge in [0, 0.05) is 31.1 Å². The zero-order valence-electron chi connectivity index (χ0n) is 16.8. The number of hydrogen-bond donors (Lipinski definition) is 0. The summed E-state index contributed by atoms with van der Waals surface area (Å²) in [5.41, 5.74) is 1.73. The summed E-state index contributed by atoms with van der Waals surface area (Å²) in [7, 11) is 0. The quantitative estimate of drug-likeness (QED) is 0.530. The van der Waals surface area contributed by atoms with Gasteiger partial charge in [-0.2, -0.15) is 0 Å². The Hall–Kier alpha value is -1.52. The number of morpholine rings is 1. The van der Waals surface area contributed by atoms with Gasteiger partial charge in [-0.05, 0) is 38.3 Å². The van der Waals surface area contributed by atoms with E-state index in [9.17, 15) is 4.79 Å². The Kier molecular flexibility index (Phi) is 6.50. The molecule has 0 saturated carbocycles. The second kappa shape index (κ2) is 9.09. The fourth-order valence-corrected chi connectivity index (χ4v) is 5.75. The lowest BCUT2D eigenvalue weighted by atomic mass is 10.3. The SMILES string of the molecule is CSc1ccc2nc(N(CCN3CCOCC3)C(=O)c3sc(C)nc3C)sc2c1. The summed E-state index contributed by atoms with van der Waals surface area (Å²) < 4.78 is 6.55. The smallest absolute Gasteiger partial charge is 0.272 e. The van der Waals surface area contributed by atoms with Crippen molar-refractivity contribution in [2.45, 2.75) is 18.7 Å². The van der Waals surface area contributed by atoms with Gasteiger partial charge in [-0.25, -0.2) is 9.97 Å². The van der Waals surface area contributed by atoms with Crippen molar-refractivity contribution in [3.63, 3.8) is 0 Å². The Bertz CT molecular complexity index is 1010. The van der Waals surface area contributed by atoms with E-state index in [0.29, 0.717) is 11.4 Å². The standard InChI is InChI=1S/C20H24N4O2S3/c1-13-18(28-14(2)21-13)19(25)24(7-6-23-8-10-26-11-9-23)20-22-16-5-4-15(27-3)12-17(16)29-20/h4-5,12H,6-11H2,1-3H3. The van der Waals surface area contributed by atoms with Gasteiger partial charge in [0.25, 0.3) is 5.91 Å². The molecule has 1 amide bonds. The minimum Gasteiger partial charge on any atom is -0.379 e. The van der Waals surface area contributed by atoms with Crippen molar-refractivity contribution in [1.82, 2.24) is 14.9 Å². The number of thioether (sulfide) groups is 1. The largest absolute Gasteiger partial charge is 0.379 e. The molecule has 6 nitrogen and oxygen atoms in total. The molecule has 3 aromatic rings. The third-order valence-electron chi connectivity index (χ3n) is 4.90. The first-order valence-corrected chi connectivity index (χ1v) is 12.4. The average Bonchev–Trinajstić information content (AvgIpc) is 3.30. The molecule has 0 unspecified atom stereocenters. The molecule has 0 radical (unpaired) electrons. The molecule has 0 atom stereocenters. The molecule has 0 spiro atoms. The number of anilines is 1. The van der Waals surface area contributed by atoms with Crippen molar-refractivity contribution in [2.75, 3.05) is 50.5 Å². The third kappa shape index (κ3) is 4.64. The molecule has 0 bridgehead atoms. The summed E-state index contributed by atoms with van der Waals surface area (Å²) >= 11 is 4.75. The van der Waals surface area contributed by atoms with Crippen molar-refractivity contribution in [3.05, 3.63) is 33.8 Å². The Morgan fingerprint density at radius 3 is 2.72 bits per heavy atom. The number of fused-ring (bicyclic) bond motifs is 1. The highest BCUT2D eigenvalue weighted by atomic mass is 32.2. The number of benzene rings is 1. The molecule has 1 fully saturated rings. The molecule has 0 aliphatic carbocycles. The van der Waals surface area contributed by atoms with Gasteiger partial charge in [-0.15, -0.1) is 23.1 Å². The molecule has 3 heterocycles. The van der Waals surface area contributed by atoms with Crippen LogP contribution in [0.3, 0.4) is 0 Å². The second-order valence-electron chi connectivity index (χ2n) is 6.89. The fraction of sp³-hybridized carbons (Fsp3) is 0.450. The predicted molar refractivity (Wildman–Crippen MR) is 122 cm³/mol. The highest BCUT2D eigenvalue weighted by Crippen LogP contribution is 2.33. The molecule has 1 aliphatic heterocycles. The van der Waals surface area contributed by atoms with Crippen molar-refractivity contribution in [2.24, 2.45) is 0 Å². The summed E-state index contributed by atoms with van der Waals surface area (Å²) in [6.07, 6.45) is 2.07. The summed E-state index contributed by atoms with van der Waals surface area (Å²) in [6.45, 7) is 8.55. The van der Waals surface area contributed by atoms with Crippen LogP contribution in [0.4, 0.5) is 5.13 Å². The number of aromatic nitrogens is 2. The first-order chi connectivity index (χ1) is 14.0. The Morgan fingerprint density at radius 1 is 1.24 bits per heavy atom. The Morgan fingerprint density at radius 2 is 2.03 bits per heavy atom. The lowest BCUT2D eigenvalue weighted by Gasteiger charge is -2.29. The average molecular weight is 449 g/mol. The van der Waals surface area contributed by atoms with E-state index in [1.807, 2.05) is 24.8 Å². The number of rotatable bonds is 6. The van der Waals surface area contributed by atoms with Crippen molar-refractivity contribution < 1.29 is 9.53 Å². The van der Waals surface area contributed by atoms with Crippen molar-refractivity contribution in [3.8, 4) is 0 Å². The second-order valence-corrected chi connectivity index (χ2v) is 9.98. The summed E-state index contributed by atoms with van der Waals surface area (Å²) in [4.78, 5) is 28.8. The van der Waals surface area contributed by atoms with Crippen LogP contribution >= 0.6 is 34.4 Å². The van der Waals surface area contributed by atoms with Crippen LogP contribution in [0.5, 0.6) is 0 Å². The van der Waals surface area contributed by atoms with Crippen LogP contribution in [0.2, 0.25) is 0 Å². The van der Waals surface area contributed by atoms with Crippen LogP contribution in [-0.4, -0.2) is 66.4 Å². The van der Waals surface area contributed by atoms with Gasteiger partial charge in [-0.1, -0.05) is 11.3 Å². The maximum atomic E-state index is 13.5. The van der Waals surface area contributed by atoms with Gasteiger partial charge in [0.2, 0.25) is 0 Å². The van der Waals surface area contributed by atoms with Gasteiger partial charge in [0.15, 0.2) is 5.13 Å². The molecule has 1 saturated heterocycles. The number of thiazole rings is 2. The van der Waals surface area contributed by atoms with Crippen LogP contribution in [0.1, 0.15) is 20.4 Å². The molecular weight excluding hydrogens is 424 g/mol. The number of hydrogen-bond acceptors (Lipinski definition) is 8. The van der Waals surface area contributed by atoms with E-state index in [1.54, 1.807) is 23.1 Å². The number of carbonyl (C=O) groups is 1. The number of ether oxygens (including phenoxy) is 1. The van der Waals surface area contributed by atoms with E-state index < -0.39 is 0 Å². The van der Waals surface area contributed by atoms with E-state index >= 15 is 0 Å². The van der Waals surface area contributed by atoms with Crippen LogP contribution < -0.4 is 4.90 Å². The summed E-state index contributed by atoms with van der Waals surface area (Å²) in [5.74, 6) is -0.00879. The lowest BCUT2D eigenvalue weighted by molar-refractivity contribution is 0.0391. The van der Waals surface area contributed by atoms with Crippen LogP contribution in [0.15, 0.2) is 23.1 Å². The number of amides is 1. The third-order valence-corrected chi connectivity index (χ3v) is 7.73. The monoisotopic (exact) mass is 448 g/mol. The summed E-state index contributed by atoms with van der Waals surface area (Å²) in [5, 5.41) is 1.66. The van der Waals surface area contributed by atoms with Crippen molar-refractivity contribution in [1.29, 1.82) is 0 Å². The van der Waals surface area contributed by atoms with Gasteiger partial charge in [0.1, 0.15) is 4.88 Å². The van der Waals surface area contributed by atoms with Crippen LogP contribution in [-0.2, 0) is 4.74 Å². The van der Waals surface area contributed by atoms with Gasteiger partial charge in [-0.3, -0.25) is 14.6 Å². The van der Waals surface area contributed by atoms with E-state index in [0.717, 1.165) is 58.9 Å². The predicted octanol–water partition coefficient (Wildman–Crippen LogP) is 4.07. The minimum absolute atomic E-state index is 0.00879. The van der Waals surface area contributed by atoms with E-state index in [4.69, 9.17) is 9.72 Å². The summed E-state index contributed by atoms with van der Waals surface area (Å²) in [6, 6.07) is 6.26. The molecule has 4 rings (SSSR count). The van der Waals surface area contributed by atoms with Gasteiger partial charge in [0.05, 0.1) is 34.1 Å². The van der Waals surface area contributed by atoms with E-state index in [-0.39, 0.29) is 5.91 Å². The molecular formula is C20H24N4O2S3. The number of aryl methyl sites for hydroxylation is 2. The van der Waals surface area contributed by atoms with Gasteiger partial charge >= 0.3 is 0 Å². The molecule has 29 heavy (non-hydrogen) atoms. The fourth-order valence-electron chi connectivity index (χ4n) is 3.34. The van der Waals surface area contributed by atoms with Crippen LogP contribution in [0.25, 0.3) is 10.2 Å². The molecule has 1 aromatic carbocycles. The number of carbonyl (C=O) groups excluding carboxylic acids is 1. The highest BCUT2D eigenvalue weighted by Gasteiger charge is 2.26. The molecule has 1 aliphatic rings. The molecule has 2 aromatic heterocycles. The van der Waals surface area contributed by atoms with Crippen LogP contribution in [0, 0.1) is 13.8 Å². The highest BCUT2D eigenvalue weighted by molar-refractivity contribution is 7.98.